The summed E-state index contributed by atoms with van der Waals surface area (Å²) >= 11 is 0. The van der Waals surface area contributed by atoms with Gasteiger partial charge in [0.15, 0.2) is 0 Å². The number of hydrogen-bond acceptors (Lipinski definition) is 1. The van der Waals surface area contributed by atoms with Crippen molar-refractivity contribution in [2.45, 2.75) is 13.3 Å². The molecule has 0 unspecified atom stereocenters. The van der Waals surface area contributed by atoms with E-state index < -0.39 is 0 Å². The maximum Gasteiger partial charge on any atom is 0.109 e. The molecule has 0 aliphatic carbocycles. The van der Waals surface area contributed by atoms with Crippen LogP contribution in [0.25, 0.3) is 0 Å². The number of aliphatic hydroxyl groups is 1. The van der Waals surface area contributed by atoms with Gasteiger partial charge in [0, 0.05) is 6.54 Å². The van der Waals surface area contributed by atoms with E-state index in [0.717, 1.165) is 13.0 Å². The van der Waals surface area contributed by atoms with Crippen LogP contribution in [0.3, 0.4) is 0 Å². The smallest absolute Gasteiger partial charge is 0.109 e. The lowest BCUT2D eigenvalue weighted by Gasteiger charge is -1.87. The predicted molar refractivity (Wildman–Crippen MR) is 24.4 cm³/mol. The molecule has 0 aromatic heterocycles. The van der Waals surface area contributed by atoms with E-state index in [0.29, 0.717) is 0 Å². The molecular weight excluding hydrogens is 78.0 g/mol. The second-order valence-corrected chi connectivity index (χ2v) is 1.09. The van der Waals surface area contributed by atoms with Crippen LogP contribution in [0.1, 0.15) is 13.3 Å². The Balaban J connectivity index is 2.34. The highest BCUT2D eigenvalue weighted by atomic mass is 16.3. The van der Waals surface area contributed by atoms with E-state index in [2.05, 4.69) is 5.32 Å². The average Bonchev–Trinajstić information content (AvgIpc) is 1.61. The largest absolute Gasteiger partial charge is 0.380 e. The van der Waals surface area contributed by atoms with E-state index >= 15 is 0 Å². The molecule has 37 valence electrons. The number of hydrogen-bond donors (Lipinski definition) is 1. The summed E-state index contributed by atoms with van der Waals surface area (Å²) in [5, 5.41) is 11.7. The van der Waals surface area contributed by atoms with Gasteiger partial charge in [0.05, 0.1) is 0 Å². The highest BCUT2D eigenvalue weighted by Gasteiger charge is 1.74. The van der Waals surface area contributed by atoms with E-state index in [9.17, 15) is 0 Å². The van der Waals surface area contributed by atoms with E-state index in [1.165, 1.54) is 0 Å². The minimum absolute atomic E-state index is 0.0200. The second kappa shape index (κ2) is 4.92. The number of nitrogens with zero attached hydrogens (tertiary/aromatic N) is 1. The summed E-state index contributed by atoms with van der Waals surface area (Å²) in [6.45, 7) is 2.80. The van der Waals surface area contributed by atoms with Crippen molar-refractivity contribution in [1.82, 2.24) is 5.32 Å². The lowest BCUT2D eigenvalue weighted by atomic mass is 10.5. The fraction of sp³-hybridized carbons (Fsp3) is 1.00. The van der Waals surface area contributed by atoms with E-state index in [4.69, 9.17) is 5.11 Å². The Bertz CT molecular complexity index is 19.5. The van der Waals surface area contributed by atoms with Crippen molar-refractivity contribution < 1.29 is 5.11 Å². The zero-order valence-corrected chi connectivity index (χ0v) is 4.02. The first-order valence-electron chi connectivity index (χ1n) is 2.16. The summed E-state index contributed by atoms with van der Waals surface area (Å²) < 4.78 is 0. The van der Waals surface area contributed by atoms with Gasteiger partial charge in [0.25, 0.3) is 0 Å². The Morgan fingerprint density at radius 1 is 1.67 bits per heavy atom. The molecule has 0 fully saturated rings. The van der Waals surface area contributed by atoms with Crippen LogP contribution in [0.15, 0.2) is 0 Å². The van der Waals surface area contributed by atoms with Crippen LogP contribution in [0.5, 0.6) is 0 Å². The first-order chi connectivity index (χ1) is 2.91. The van der Waals surface area contributed by atoms with E-state index in [1.54, 1.807) is 0 Å². The lowest BCUT2D eigenvalue weighted by molar-refractivity contribution is 0.257. The Hall–Kier alpha value is -0.0800. The number of aliphatic hydroxyl groups excluding tert-OH is 1. The Morgan fingerprint density at radius 3 is 2.50 bits per heavy atom. The molecule has 2 nitrogen and oxygen atoms in total. The molecule has 0 aliphatic heterocycles. The molecule has 0 amide bonds. The molecular formula is C4H10NO. The zero-order chi connectivity index (χ0) is 4.83. The van der Waals surface area contributed by atoms with Crippen molar-refractivity contribution >= 4 is 0 Å². The minimum atomic E-state index is -0.0200. The van der Waals surface area contributed by atoms with Gasteiger partial charge in [0.2, 0.25) is 0 Å². The van der Waals surface area contributed by atoms with Crippen molar-refractivity contribution in [2.75, 3.05) is 13.3 Å². The van der Waals surface area contributed by atoms with Crippen molar-refractivity contribution in [3.8, 4) is 0 Å². The molecule has 2 heteroatoms. The van der Waals surface area contributed by atoms with Crippen molar-refractivity contribution in [1.29, 1.82) is 0 Å². The summed E-state index contributed by atoms with van der Waals surface area (Å²) in [6, 6.07) is 0. The zero-order valence-electron chi connectivity index (χ0n) is 4.02. The van der Waals surface area contributed by atoms with Crippen LogP contribution in [-0.4, -0.2) is 18.4 Å². The third kappa shape index (κ3) is 3.92. The summed E-state index contributed by atoms with van der Waals surface area (Å²) in [5.41, 5.74) is 0. The second-order valence-electron chi connectivity index (χ2n) is 1.09. The summed E-state index contributed by atoms with van der Waals surface area (Å²) in [4.78, 5) is 0. The van der Waals surface area contributed by atoms with Crippen LogP contribution < -0.4 is 5.32 Å². The Labute approximate surface area is 38.2 Å². The van der Waals surface area contributed by atoms with Crippen molar-refractivity contribution in [3.05, 3.63) is 0 Å². The molecule has 0 aliphatic rings. The van der Waals surface area contributed by atoms with Crippen LogP contribution in [-0.2, 0) is 0 Å². The van der Waals surface area contributed by atoms with Crippen LogP contribution in [0.4, 0.5) is 0 Å². The third-order valence-electron chi connectivity index (χ3n) is 0.482. The molecule has 0 rings (SSSR count). The summed E-state index contributed by atoms with van der Waals surface area (Å²) in [6.07, 6.45) is 1.03. The molecule has 0 atom stereocenters. The Morgan fingerprint density at radius 2 is 2.33 bits per heavy atom. The molecule has 0 saturated heterocycles. The van der Waals surface area contributed by atoms with Gasteiger partial charge >= 0.3 is 0 Å². The normalized spacial score (nSPS) is 9.00. The van der Waals surface area contributed by atoms with Gasteiger partial charge in [-0.2, -0.15) is 0 Å². The van der Waals surface area contributed by atoms with Gasteiger partial charge < -0.3 is 5.11 Å². The van der Waals surface area contributed by atoms with Gasteiger partial charge in [-0.15, -0.1) is 0 Å². The van der Waals surface area contributed by atoms with Gasteiger partial charge in [-0.25, -0.2) is 5.32 Å². The van der Waals surface area contributed by atoms with Gasteiger partial charge in [-0.1, -0.05) is 6.92 Å². The molecule has 0 spiro atoms. The fourth-order valence-corrected chi connectivity index (χ4v) is 0.229. The highest BCUT2D eigenvalue weighted by molar-refractivity contribution is 4.30. The first-order valence-corrected chi connectivity index (χ1v) is 2.16. The molecule has 1 N–H and O–H groups in total. The monoisotopic (exact) mass is 88.1 g/mol. The van der Waals surface area contributed by atoms with Gasteiger partial charge in [-0.3, -0.25) is 0 Å². The lowest BCUT2D eigenvalue weighted by Crippen LogP contribution is -2.05. The van der Waals surface area contributed by atoms with E-state index in [-0.39, 0.29) is 6.73 Å². The van der Waals surface area contributed by atoms with Crippen LogP contribution in [0, 0.1) is 0 Å². The quantitative estimate of drug-likeness (QED) is 0.482. The van der Waals surface area contributed by atoms with Crippen molar-refractivity contribution in [2.24, 2.45) is 0 Å². The highest BCUT2D eigenvalue weighted by Crippen LogP contribution is 1.67. The molecule has 0 aromatic carbocycles. The van der Waals surface area contributed by atoms with Crippen molar-refractivity contribution in [3.63, 3.8) is 0 Å². The predicted octanol–water partition coefficient (Wildman–Crippen LogP) is -0.0494. The van der Waals surface area contributed by atoms with E-state index in [1.807, 2.05) is 6.92 Å². The Kier molecular flexibility index (Phi) is 4.85. The summed E-state index contributed by atoms with van der Waals surface area (Å²) in [5.74, 6) is 0. The first kappa shape index (κ1) is 5.92. The molecule has 6 heavy (non-hydrogen) atoms. The maximum absolute atomic E-state index is 8.03. The number of rotatable bonds is 3. The molecule has 1 radical (unpaired) electrons. The fourth-order valence-electron chi connectivity index (χ4n) is 0.229. The maximum atomic E-state index is 8.03. The molecule has 0 heterocycles. The van der Waals surface area contributed by atoms with Crippen LogP contribution in [0.2, 0.25) is 0 Å². The molecule has 0 aromatic rings. The molecule has 0 bridgehead atoms. The third-order valence-corrected chi connectivity index (χ3v) is 0.482. The SMILES string of the molecule is CCC[N]CO. The summed E-state index contributed by atoms with van der Waals surface area (Å²) in [7, 11) is 0. The topological polar surface area (TPSA) is 34.3 Å². The van der Waals surface area contributed by atoms with Crippen LogP contribution >= 0.6 is 0 Å². The van der Waals surface area contributed by atoms with Gasteiger partial charge in [-0.05, 0) is 6.42 Å². The average molecular weight is 88.1 g/mol. The minimum Gasteiger partial charge on any atom is -0.380 e. The molecule has 0 saturated carbocycles. The van der Waals surface area contributed by atoms with Gasteiger partial charge in [0.1, 0.15) is 6.73 Å². The standard InChI is InChI=1S/C4H10NO/c1-2-3-5-4-6/h6H,2-4H2,1H3.